The van der Waals surface area contributed by atoms with Crippen LogP contribution in [0.2, 0.25) is 0 Å². The molecule has 0 aromatic heterocycles. The molecule has 52 heavy (non-hydrogen) atoms. The highest BCUT2D eigenvalue weighted by Crippen LogP contribution is 2.69. The Bertz CT molecular complexity index is 1750. The van der Waals surface area contributed by atoms with E-state index in [9.17, 15) is 0 Å². The number of benzene rings is 4. The molecule has 2 saturated heterocycles. The second-order valence-electron chi connectivity index (χ2n) is 12.9. The van der Waals surface area contributed by atoms with Gasteiger partial charge in [-0.3, -0.25) is 0 Å². The summed E-state index contributed by atoms with van der Waals surface area (Å²) in [5, 5.41) is 0. The van der Waals surface area contributed by atoms with Crippen LogP contribution in [-0.4, -0.2) is 34.6 Å². The van der Waals surface area contributed by atoms with Crippen LogP contribution in [0.3, 0.4) is 0 Å². The van der Waals surface area contributed by atoms with Crippen LogP contribution in [0.5, 0.6) is 0 Å². The zero-order valence-electron chi connectivity index (χ0n) is 27.6. The molecule has 0 unspecified atom stereocenters. The molecule has 4 aromatic rings. The quantitative estimate of drug-likeness (QED) is 0.197. The van der Waals surface area contributed by atoms with Crippen molar-refractivity contribution in [1.82, 2.24) is 0 Å². The topological polar surface area (TPSA) is 36.9 Å². The molecular formula is C40H32O4S8. The van der Waals surface area contributed by atoms with Crippen LogP contribution in [-0.2, 0) is 18.9 Å². The fourth-order valence-corrected chi connectivity index (χ4v) is 19.4. The maximum Gasteiger partial charge on any atom is 0.188 e. The van der Waals surface area contributed by atoms with Gasteiger partial charge in [-0.25, -0.2) is 0 Å². The van der Waals surface area contributed by atoms with Crippen LogP contribution >= 0.6 is 94.1 Å². The standard InChI is InChI=1S/C40H32O4S8/c1-5-13-25(14-6-1)29-30(26-15-7-2-8-16-26)42-39(41-29)21-45-33-34(46-22-39)50-37(49-33)38-51-35-36(52-38)48-24-40(23-47-35)43-31(27-17-9-3-10-18-27)32(44-40)28-19-11-4-12-20-28/h1-20,29-32H,21-24H2/t29-,30-,31-,32-/m0/s1. The van der Waals surface area contributed by atoms with Gasteiger partial charge in [-0.15, -0.1) is 47.0 Å². The Balaban J connectivity index is 0.806. The summed E-state index contributed by atoms with van der Waals surface area (Å²) in [4.78, 5) is 0. The molecular weight excluding hydrogens is 801 g/mol. The Morgan fingerprint density at radius 2 is 0.558 bits per heavy atom. The van der Waals surface area contributed by atoms with Crippen molar-refractivity contribution in [3.63, 3.8) is 0 Å². The maximum atomic E-state index is 6.93. The zero-order chi connectivity index (χ0) is 34.5. The lowest BCUT2D eigenvalue weighted by Gasteiger charge is -2.26. The van der Waals surface area contributed by atoms with Crippen molar-refractivity contribution in [3.8, 4) is 0 Å². The Morgan fingerprint density at radius 1 is 0.327 bits per heavy atom. The summed E-state index contributed by atoms with van der Waals surface area (Å²) >= 11 is 15.2. The molecule has 12 heteroatoms. The summed E-state index contributed by atoms with van der Waals surface area (Å²) in [5.41, 5.74) is 4.63. The summed E-state index contributed by atoms with van der Waals surface area (Å²) in [7, 11) is 0. The molecule has 0 saturated carbocycles. The highest BCUT2D eigenvalue weighted by atomic mass is 32.3. The van der Waals surface area contributed by atoms with E-state index < -0.39 is 11.6 Å². The van der Waals surface area contributed by atoms with Crippen molar-refractivity contribution in [2.24, 2.45) is 0 Å². The highest BCUT2D eigenvalue weighted by molar-refractivity contribution is 8.45. The Labute approximate surface area is 338 Å². The number of thioether (sulfide) groups is 8. The summed E-state index contributed by atoms with van der Waals surface area (Å²) in [6, 6.07) is 42.2. The molecule has 264 valence electrons. The Kier molecular flexibility index (Phi) is 10.2. The predicted octanol–water partition coefficient (Wildman–Crippen LogP) is 12.7. The van der Waals surface area contributed by atoms with Gasteiger partial charge in [0.05, 0.1) is 48.4 Å². The van der Waals surface area contributed by atoms with Crippen LogP contribution in [0.1, 0.15) is 46.7 Å². The van der Waals surface area contributed by atoms with Gasteiger partial charge in [0, 0.05) is 0 Å². The molecule has 6 heterocycles. The van der Waals surface area contributed by atoms with Crippen LogP contribution in [0.25, 0.3) is 0 Å². The highest BCUT2D eigenvalue weighted by Gasteiger charge is 2.52. The lowest BCUT2D eigenvalue weighted by Crippen LogP contribution is -2.36. The molecule has 4 atom stereocenters. The summed E-state index contributed by atoms with van der Waals surface area (Å²) in [5.74, 6) is 1.74. The molecule has 4 nitrogen and oxygen atoms in total. The average molecular weight is 833 g/mol. The average Bonchev–Trinajstić information content (AvgIpc) is 3.96. The van der Waals surface area contributed by atoms with E-state index in [1.807, 2.05) is 94.1 Å². The molecule has 0 amide bonds. The minimum atomic E-state index is -0.655. The second kappa shape index (κ2) is 15.0. The Hall–Kier alpha value is -1.26. The molecule has 4 aromatic carbocycles. The van der Waals surface area contributed by atoms with Crippen LogP contribution in [0.4, 0.5) is 0 Å². The van der Waals surface area contributed by atoms with Crippen molar-refractivity contribution in [2.45, 2.75) is 36.0 Å². The second-order valence-corrected chi connectivity index (χ2v) is 22.5. The minimum Gasteiger partial charge on any atom is -0.337 e. The van der Waals surface area contributed by atoms with Gasteiger partial charge in [-0.1, -0.05) is 168 Å². The van der Waals surface area contributed by atoms with Gasteiger partial charge in [0.2, 0.25) is 0 Å². The van der Waals surface area contributed by atoms with E-state index in [0.29, 0.717) is 0 Å². The smallest absolute Gasteiger partial charge is 0.188 e. The molecule has 6 aliphatic heterocycles. The number of rotatable bonds is 4. The lowest BCUT2D eigenvalue weighted by atomic mass is 9.99. The molecule has 10 rings (SSSR count). The van der Waals surface area contributed by atoms with Gasteiger partial charge in [0.15, 0.2) is 11.6 Å². The third-order valence-corrected chi connectivity index (χ3v) is 21.6. The minimum absolute atomic E-state index is 0.147. The van der Waals surface area contributed by atoms with Crippen molar-refractivity contribution in [3.05, 3.63) is 169 Å². The first-order chi connectivity index (χ1) is 25.6. The molecule has 2 fully saturated rings. The van der Waals surface area contributed by atoms with Crippen molar-refractivity contribution in [2.75, 3.05) is 23.0 Å². The fraction of sp³-hybridized carbons (Fsp3) is 0.250. The summed E-state index contributed by atoms with van der Waals surface area (Å²) < 4.78 is 36.0. The fourth-order valence-electron chi connectivity index (χ4n) is 6.89. The Morgan fingerprint density at radius 3 is 0.788 bits per heavy atom. The summed E-state index contributed by atoms with van der Waals surface area (Å²) in [6.07, 6.45) is -0.588. The van der Waals surface area contributed by atoms with Gasteiger partial charge in [0.1, 0.15) is 24.4 Å². The van der Waals surface area contributed by atoms with Crippen molar-refractivity contribution >= 4 is 94.1 Å². The number of hydrogen-bond donors (Lipinski definition) is 0. The van der Waals surface area contributed by atoms with Gasteiger partial charge < -0.3 is 18.9 Å². The van der Waals surface area contributed by atoms with Crippen molar-refractivity contribution in [1.29, 1.82) is 0 Å². The van der Waals surface area contributed by atoms with E-state index in [0.717, 1.165) is 45.3 Å². The van der Waals surface area contributed by atoms with Gasteiger partial charge >= 0.3 is 0 Å². The van der Waals surface area contributed by atoms with E-state index >= 15 is 0 Å². The predicted molar refractivity (Wildman–Crippen MR) is 228 cm³/mol. The molecule has 0 bridgehead atoms. The maximum absolute atomic E-state index is 6.93. The summed E-state index contributed by atoms with van der Waals surface area (Å²) in [6.45, 7) is 0. The lowest BCUT2D eigenvalue weighted by molar-refractivity contribution is -0.139. The van der Waals surface area contributed by atoms with Crippen LogP contribution in [0.15, 0.2) is 147 Å². The first-order valence-electron chi connectivity index (χ1n) is 17.0. The monoisotopic (exact) mass is 832 g/mol. The van der Waals surface area contributed by atoms with E-state index in [1.54, 1.807) is 0 Å². The molecule has 0 radical (unpaired) electrons. The van der Waals surface area contributed by atoms with E-state index in [-0.39, 0.29) is 24.4 Å². The van der Waals surface area contributed by atoms with Crippen molar-refractivity contribution < 1.29 is 18.9 Å². The van der Waals surface area contributed by atoms with E-state index in [4.69, 9.17) is 18.9 Å². The third-order valence-electron chi connectivity index (χ3n) is 9.36. The first kappa shape index (κ1) is 35.2. The molecule has 2 spiro atoms. The number of ether oxygens (including phenoxy) is 4. The first-order valence-corrected chi connectivity index (χ1v) is 24.2. The molecule has 6 aliphatic rings. The number of hydrogen-bond acceptors (Lipinski definition) is 12. The van der Waals surface area contributed by atoms with E-state index in [1.165, 1.54) is 25.4 Å². The largest absolute Gasteiger partial charge is 0.337 e. The van der Waals surface area contributed by atoms with Crippen LogP contribution in [0, 0.1) is 0 Å². The van der Waals surface area contributed by atoms with Gasteiger partial charge in [-0.2, -0.15) is 0 Å². The van der Waals surface area contributed by atoms with Crippen LogP contribution < -0.4 is 0 Å². The van der Waals surface area contributed by atoms with Gasteiger partial charge in [-0.05, 0) is 22.3 Å². The van der Waals surface area contributed by atoms with E-state index in [2.05, 4.69) is 121 Å². The SMILES string of the molecule is c1ccc([C@@H]2OC3(CSC4=C(SC3)SC(=C3SC5=C(SCC6(CS5)O[C@@H](c5ccccc5)[C@H](c5ccccc5)O6)S3)S4)O[C@H]2c2ccccc2)cc1. The molecule has 0 N–H and O–H groups in total. The molecule has 0 aliphatic carbocycles. The zero-order valence-corrected chi connectivity index (χ0v) is 34.1. The van der Waals surface area contributed by atoms with Gasteiger partial charge in [0.25, 0.3) is 0 Å². The normalized spacial score (nSPS) is 28.0. The third kappa shape index (κ3) is 6.92.